The number of hydrogen-bond donors (Lipinski definition) is 3. The van der Waals surface area contributed by atoms with E-state index >= 15 is 0 Å². The minimum Gasteiger partial charge on any atom is -0.379 e. The predicted molar refractivity (Wildman–Crippen MR) is 82.6 cm³/mol. The van der Waals surface area contributed by atoms with E-state index in [1.165, 1.54) is 0 Å². The maximum absolute atomic E-state index is 12.1. The largest absolute Gasteiger partial charge is 0.379 e. The fraction of sp³-hybridized carbons (Fsp3) is 0.375. The molecule has 6 nitrogen and oxygen atoms in total. The van der Waals surface area contributed by atoms with Crippen molar-refractivity contribution in [2.24, 2.45) is 0 Å². The SMILES string of the molecule is O=C(CNC(=O)c1cc2ccccc2[nH]1)N[C@H]1CCCOC1. The molecule has 1 aromatic carbocycles. The van der Waals surface area contributed by atoms with Gasteiger partial charge in [0.2, 0.25) is 5.91 Å². The molecule has 0 saturated carbocycles. The Bertz CT molecular complexity index is 641. The van der Waals surface area contributed by atoms with Gasteiger partial charge >= 0.3 is 0 Å². The molecule has 0 spiro atoms. The fourth-order valence-corrected chi connectivity index (χ4v) is 2.58. The Balaban J connectivity index is 1.52. The molecule has 2 aromatic rings. The van der Waals surface area contributed by atoms with E-state index in [-0.39, 0.29) is 24.4 Å². The summed E-state index contributed by atoms with van der Waals surface area (Å²) in [5.41, 5.74) is 1.35. The van der Waals surface area contributed by atoms with Crippen molar-refractivity contribution in [2.75, 3.05) is 19.8 Å². The van der Waals surface area contributed by atoms with Crippen LogP contribution >= 0.6 is 0 Å². The first-order chi connectivity index (χ1) is 10.7. The molecule has 22 heavy (non-hydrogen) atoms. The van der Waals surface area contributed by atoms with Crippen LogP contribution in [0.15, 0.2) is 30.3 Å². The molecule has 3 rings (SSSR count). The molecule has 1 fully saturated rings. The summed E-state index contributed by atoms with van der Waals surface area (Å²) in [7, 11) is 0. The highest BCUT2D eigenvalue weighted by Crippen LogP contribution is 2.14. The van der Waals surface area contributed by atoms with Crippen LogP contribution in [0.5, 0.6) is 0 Å². The lowest BCUT2D eigenvalue weighted by molar-refractivity contribution is -0.121. The Morgan fingerprint density at radius 2 is 2.18 bits per heavy atom. The van der Waals surface area contributed by atoms with Crippen LogP contribution in [-0.4, -0.2) is 42.6 Å². The number of rotatable bonds is 4. The number of para-hydroxylation sites is 1. The van der Waals surface area contributed by atoms with Gasteiger partial charge in [0.15, 0.2) is 0 Å². The van der Waals surface area contributed by atoms with E-state index in [0.717, 1.165) is 30.4 Å². The minimum absolute atomic E-state index is 0.0370. The molecule has 0 unspecified atom stereocenters. The van der Waals surface area contributed by atoms with Crippen molar-refractivity contribution in [1.82, 2.24) is 15.6 Å². The first kappa shape index (κ1) is 14.6. The van der Waals surface area contributed by atoms with Crippen LogP contribution < -0.4 is 10.6 Å². The van der Waals surface area contributed by atoms with Crippen molar-refractivity contribution < 1.29 is 14.3 Å². The molecule has 1 aliphatic heterocycles. The number of hydrogen-bond acceptors (Lipinski definition) is 3. The second kappa shape index (κ2) is 6.62. The number of carbonyl (C=O) groups is 2. The van der Waals surface area contributed by atoms with Crippen molar-refractivity contribution in [1.29, 1.82) is 0 Å². The Labute approximate surface area is 128 Å². The first-order valence-electron chi connectivity index (χ1n) is 7.45. The maximum atomic E-state index is 12.1. The molecular formula is C16H19N3O3. The summed E-state index contributed by atoms with van der Waals surface area (Å²) in [5, 5.41) is 6.46. The molecule has 1 atom stereocenters. The van der Waals surface area contributed by atoms with Crippen LogP contribution in [0, 0.1) is 0 Å². The smallest absolute Gasteiger partial charge is 0.268 e. The Morgan fingerprint density at radius 1 is 1.32 bits per heavy atom. The summed E-state index contributed by atoms with van der Waals surface area (Å²) < 4.78 is 5.30. The van der Waals surface area contributed by atoms with Gasteiger partial charge in [-0.05, 0) is 25.0 Å². The summed E-state index contributed by atoms with van der Waals surface area (Å²) in [6.07, 6.45) is 1.87. The van der Waals surface area contributed by atoms with Gasteiger partial charge in [0, 0.05) is 17.5 Å². The quantitative estimate of drug-likeness (QED) is 0.793. The molecule has 1 aliphatic rings. The van der Waals surface area contributed by atoms with Crippen LogP contribution in [0.2, 0.25) is 0 Å². The third-order valence-electron chi connectivity index (χ3n) is 3.71. The lowest BCUT2D eigenvalue weighted by Gasteiger charge is -2.23. The Hall–Kier alpha value is -2.34. The van der Waals surface area contributed by atoms with Gasteiger partial charge in [-0.25, -0.2) is 0 Å². The van der Waals surface area contributed by atoms with Gasteiger partial charge in [0.1, 0.15) is 5.69 Å². The molecule has 1 aromatic heterocycles. The topological polar surface area (TPSA) is 83.2 Å². The van der Waals surface area contributed by atoms with Crippen molar-refractivity contribution >= 4 is 22.7 Å². The molecule has 2 amide bonds. The van der Waals surface area contributed by atoms with Crippen molar-refractivity contribution in [3.8, 4) is 0 Å². The van der Waals surface area contributed by atoms with Gasteiger partial charge < -0.3 is 20.4 Å². The van der Waals surface area contributed by atoms with E-state index in [1.54, 1.807) is 6.07 Å². The van der Waals surface area contributed by atoms with E-state index in [0.29, 0.717) is 12.3 Å². The Morgan fingerprint density at radius 3 is 2.95 bits per heavy atom. The second-order valence-electron chi connectivity index (χ2n) is 5.43. The van der Waals surface area contributed by atoms with Crippen LogP contribution in [0.25, 0.3) is 10.9 Å². The number of fused-ring (bicyclic) bond motifs is 1. The number of nitrogens with one attached hydrogen (secondary N) is 3. The molecule has 1 saturated heterocycles. The van der Waals surface area contributed by atoms with Gasteiger partial charge in [-0.15, -0.1) is 0 Å². The monoisotopic (exact) mass is 301 g/mol. The van der Waals surface area contributed by atoms with Gasteiger partial charge in [-0.1, -0.05) is 18.2 Å². The number of carbonyl (C=O) groups excluding carboxylic acids is 2. The van der Waals surface area contributed by atoms with Gasteiger partial charge in [0.25, 0.3) is 5.91 Å². The zero-order chi connectivity index (χ0) is 15.4. The number of aromatic amines is 1. The van der Waals surface area contributed by atoms with Crippen LogP contribution in [0.1, 0.15) is 23.3 Å². The Kier molecular flexibility index (Phi) is 4.39. The normalized spacial score (nSPS) is 18.1. The minimum atomic E-state index is -0.286. The lowest BCUT2D eigenvalue weighted by atomic mass is 10.1. The summed E-state index contributed by atoms with van der Waals surface area (Å²) in [5.74, 6) is -0.480. The molecular weight excluding hydrogens is 282 g/mol. The second-order valence-corrected chi connectivity index (χ2v) is 5.43. The van der Waals surface area contributed by atoms with E-state index in [1.807, 2.05) is 24.3 Å². The number of aromatic nitrogens is 1. The highest BCUT2D eigenvalue weighted by atomic mass is 16.5. The maximum Gasteiger partial charge on any atom is 0.268 e. The average molecular weight is 301 g/mol. The van der Waals surface area contributed by atoms with E-state index < -0.39 is 0 Å². The van der Waals surface area contributed by atoms with Gasteiger partial charge in [-0.3, -0.25) is 9.59 Å². The number of H-pyrrole nitrogens is 1. The van der Waals surface area contributed by atoms with E-state index in [2.05, 4.69) is 15.6 Å². The van der Waals surface area contributed by atoms with E-state index in [4.69, 9.17) is 4.74 Å². The summed E-state index contributed by atoms with van der Waals surface area (Å²) in [6, 6.07) is 9.47. The zero-order valence-corrected chi connectivity index (χ0v) is 12.2. The molecule has 0 radical (unpaired) electrons. The van der Waals surface area contributed by atoms with Crippen molar-refractivity contribution in [2.45, 2.75) is 18.9 Å². The highest BCUT2D eigenvalue weighted by molar-refractivity contribution is 5.99. The lowest BCUT2D eigenvalue weighted by Crippen LogP contribution is -2.45. The van der Waals surface area contributed by atoms with Crippen LogP contribution in [0.3, 0.4) is 0 Å². The zero-order valence-electron chi connectivity index (χ0n) is 12.2. The van der Waals surface area contributed by atoms with Crippen LogP contribution in [0.4, 0.5) is 0 Å². The summed E-state index contributed by atoms with van der Waals surface area (Å²) in [6.45, 7) is 1.26. The average Bonchev–Trinajstić information content (AvgIpc) is 2.98. The number of amides is 2. The third kappa shape index (κ3) is 3.46. The molecule has 0 aliphatic carbocycles. The number of ether oxygens (including phenoxy) is 1. The summed E-state index contributed by atoms with van der Waals surface area (Å²) >= 11 is 0. The van der Waals surface area contributed by atoms with Crippen molar-refractivity contribution in [3.05, 3.63) is 36.0 Å². The third-order valence-corrected chi connectivity index (χ3v) is 3.71. The van der Waals surface area contributed by atoms with Gasteiger partial charge in [0.05, 0.1) is 19.2 Å². The summed E-state index contributed by atoms with van der Waals surface area (Å²) in [4.78, 5) is 26.9. The molecule has 6 heteroatoms. The van der Waals surface area contributed by atoms with Crippen LogP contribution in [-0.2, 0) is 9.53 Å². The highest BCUT2D eigenvalue weighted by Gasteiger charge is 2.17. The van der Waals surface area contributed by atoms with E-state index in [9.17, 15) is 9.59 Å². The number of benzene rings is 1. The van der Waals surface area contributed by atoms with Crippen molar-refractivity contribution in [3.63, 3.8) is 0 Å². The first-order valence-corrected chi connectivity index (χ1v) is 7.45. The predicted octanol–water partition coefficient (Wildman–Crippen LogP) is 1.19. The molecule has 0 bridgehead atoms. The fourth-order valence-electron chi connectivity index (χ4n) is 2.58. The molecule has 2 heterocycles. The molecule has 116 valence electrons. The molecule has 3 N–H and O–H groups in total. The van der Waals surface area contributed by atoms with Gasteiger partial charge in [-0.2, -0.15) is 0 Å². The standard InChI is InChI=1S/C16H19N3O3/c20-15(18-12-5-3-7-22-10-12)9-17-16(21)14-8-11-4-1-2-6-13(11)19-14/h1-2,4,6,8,12,19H,3,5,7,9-10H2,(H,17,21)(H,18,20)/t12-/m0/s1.